The summed E-state index contributed by atoms with van der Waals surface area (Å²) < 4.78 is 0. The Morgan fingerprint density at radius 3 is 1.27 bits per heavy atom. The number of carbonyl (C=O) groups is 1. The van der Waals surface area contributed by atoms with E-state index in [1.54, 1.807) is 0 Å². The molecule has 1 fully saturated rings. The molecule has 1 aliphatic carbocycles. The van der Waals surface area contributed by atoms with Gasteiger partial charge in [0.25, 0.3) is 5.91 Å². The highest BCUT2D eigenvalue weighted by molar-refractivity contribution is 5.99. The van der Waals surface area contributed by atoms with E-state index in [1.165, 1.54) is 0 Å². The minimum Gasteiger partial charge on any atom is -0.365 e. The summed E-state index contributed by atoms with van der Waals surface area (Å²) in [6, 6.07) is 0. The van der Waals surface area contributed by atoms with Gasteiger partial charge in [-0.15, -0.1) is 0 Å². The smallest absolute Gasteiger partial charge is 0.254 e. The standard InChI is InChI=1S/C39H73N5O/c1-24-25(26(40)45)27(42-28(41-24)44-39(30(5,6)7,31(8,9)10)32(11,12)13)43-38(23)35(18,19)33(14,15)37(22,29(2,3)4)34(16,17)36(38,20)21/h1-23H3,(H2,40,45)(H2,41,42,43,44). The van der Waals surface area contributed by atoms with E-state index in [4.69, 9.17) is 15.7 Å². The molecule has 1 amide bonds. The first kappa shape index (κ1) is 39.3. The Morgan fingerprint density at radius 2 is 0.978 bits per heavy atom. The number of hydrogen-bond acceptors (Lipinski definition) is 5. The second-order valence-electron chi connectivity index (χ2n) is 21.0. The van der Waals surface area contributed by atoms with Crippen molar-refractivity contribution < 1.29 is 4.79 Å². The first-order chi connectivity index (χ1) is 19.4. The fraction of sp³-hybridized carbons (Fsp3) is 0.872. The molecular formula is C39H73N5O. The molecule has 0 atom stereocenters. The Hall–Kier alpha value is -1.85. The number of nitrogens with zero attached hydrogens (tertiary/aromatic N) is 2. The highest BCUT2D eigenvalue weighted by Gasteiger charge is 2.77. The first-order valence-electron chi connectivity index (χ1n) is 17.1. The molecule has 0 aliphatic heterocycles. The van der Waals surface area contributed by atoms with Crippen molar-refractivity contribution in [3.8, 4) is 0 Å². The Kier molecular flexibility index (Phi) is 9.02. The zero-order chi connectivity index (χ0) is 36.2. The summed E-state index contributed by atoms with van der Waals surface area (Å²) in [4.78, 5) is 23.3. The molecular weight excluding hydrogens is 554 g/mol. The molecule has 45 heavy (non-hydrogen) atoms. The lowest BCUT2D eigenvalue weighted by molar-refractivity contribution is -0.288. The number of nitrogens with two attached hydrogens (primary N) is 1. The third-order valence-corrected chi connectivity index (χ3v) is 15.0. The molecule has 1 aliphatic rings. The minimum atomic E-state index is -0.525. The van der Waals surface area contributed by atoms with Gasteiger partial charge in [0, 0.05) is 5.54 Å². The summed E-state index contributed by atoms with van der Waals surface area (Å²) in [5.74, 6) is 0.480. The zero-order valence-electron chi connectivity index (χ0n) is 33.9. The normalized spacial score (nSPS) is 26.7. The lowest BCUT2D eigenvalue weighted by Crippen LogP contribution is -2.79. The number of aromatic nitrogens is 2. The van der Waals surface area contributed by atoms with Crippen LogP contribution in [0, 0.1) is 55.7 Å². The van der Waals surface area contributed by atoms with Gasteiger partial charge < -0.3 is 16.4 Å². The van der Waals surface area contributed by atoms with Gasteiger partial charge in [-0.1, -0.05) is 145 Å². The first-order valence-corrected chi connectivity index (χ1v) is 17.1. The molecule has 4 N–H and O–H groups in total. The summed E-state index contributed by atoms with van der Waals surface area (Å²) in [5.41, 5.74) is 4.73. The van der Waals surface area contributed by atoms with Crippen LogP contribution < -0.4 is 16.4 Å². The van der Waals surface area contributed by atoms with Crippen molar-refractivity contribution in [2.75, 3.05) is 10.6 Å². The summed E-state index contributed by atoms with van der Waals surface area (Å²) in [5, 5.41) is 7.88. The monoisotopic (exact) mass is 628 g/mol. The van der Waals surface area contributed by atoms with Crippen LogP contribution in [0.1, 0.15) is 168 Å². The highest BCUT2D eigenvalue weighted by Crippen LogP contribution is 2.79. The lowest BCUT2D eigenvalue weighted by atomic mass is 9.26. The Morgan fingerprint density at radius 1 is 0.622 bits per heavy atom. The molecule has 1 saturated carbocycles. The molecule has 0 aromatic carbocycles. The van der Waals surface area contributed by atoms with Gasteiger partial charge in [0.1, 0.15) is 11.4 Å². The molecule has 0 unspecified atom stereocenters. The Labute approximate surface area is 278 Å². The maximum atomic E-state index is 13.2. The summed E-state index contributed by atoms with van der Waals surface area (Å²) in [6.07, 6.45) is 0. The van der Waals surface area contributed by atoms with E-state index in [9.17, 15) is 4.79 Å². The lowest BCUT2D eigenvalue weighted by Gasteiger charge is -2.80. The summed E-state index contributed by atoms with van der Waals surface area (Å²) in [7, 11) is 0. The van der Waals surface area contributed by atoms with Gasteiger partial charge in [-0.25, -0.2) is 4.98 Å². The fourth-order valence-electron chi connectivity index (χ4n) is 11.6. The molecule has 0 radical (unpaired) electrons. The second kappa shape index (κ2) is 10.3. The zero-order valence-corrected chi connectivity index (χ0v) is 33.9. The largest absolute Gasteiger partial charge is 0.365 e. The van der Waals surface area contributed by atoms with Gasteiger partial charge in [-0.3, -0.25) is 4.79 Å². The average molecular weight is 628 g/mol. The summed E-state index contributed by atoms with van der Waals surface area (Å²) >= 11 is 0. The van der Waals surface area contributed by atoms with E-state index >= 15 is 0 Å². The SMILES string of the molecule is Cc1nc(NC(C(C)(C)C)(C(C)(C)C)C(C)(C)C)nc(NC2(C)C(C)(C)C(C)(C)C(C)(C(C)(C)C)C(C)(C)C2(C)C)c1C(N)=O. The molecule has 2 rings (SSSR count). The quantitative estimate of drug-likeness (QED) is 0.302. The van der Waals surface area contributed by atoms with Gasteiger partial charge in [-0.2, -0.15) is 4.98 Å². The van der Waals surface area contributed by atoms with Crippen molar-refractivity contribution in [2.45, 2.75) is 170 Å². The molecule has 1 aromatic rings. The van der Waals surface area contributed by atoms with Crippen molar-refractivity contribution in [2.24, 2.45) is 54.5 Å². The van der Waals surface area contributed by atoms with E-state index in [-0.39, 0.29) is 48.7 Å². The molecule has 0 spiro atoms. The molecule has 6 heteroatoms. The number of aryl methyl sites for hydroxylation is 1. The van der Waals surface area contributed by atoms with Crippen molar-refractivity contribution in [1.82, 2.24) is 9.97 Å². The van der Waals surface area contributed by atoms with Gasteiger partial charge in [-0.05, 0) is 62.6 Å². The van der Waals surface area contributed by atoms with E-state index in [1.807, 2.05) is 6.92 Å². The van der Waals surface area contributed by atoms with Crippen LogP contribution in [0.2, 0.25) is 0 Å². The third-order valence-electron chi connectivity index (χ3n) is 15.0. The summed E-state index contributed by atoms with van der Waals surface area (Å²) in [6.45, 7) is 53.7. The van der Waals surface area contributed by atoms with E-state index in [0.717, 1.165) is 0 Å². The maximum absolute atomic E-state index is 13.2. The van der Waals surface area contributed by atoms with Gasteiger partial charge >= 0.3 is 0 Å². The van der Waals surface area contributed by atoms with Crippen LogP contribution in [0.5, 0.6) is 0 Å². The third kappa shape index (κ3) is 4.87. The van der Waals surface area contributed by atoms with E-state index in [0.29, 0.717) is 23.0 Å². The van der Waals surface area contributed by atoms with Crippen LogP contribution in [0.3, 0.4) is 0 Å². The van der Waals surface area contributed by atoms with Crippen molar-refractivity contribution in [3.05, 3.63) is 11.3 Å². The van der Waals surface area contributed by atoms with Crippen LogP contribution in [0.15, 0.2) is 0 Å². The number of anilines is 2. The van der Waals surface area contributed by atoms with Gasteiger partial charge in [0.05, 0.1) is 11.2 Å². The van der Waals surface area contributed by atoms with Crippen LogP contribution in [-0.2, 0) is 0 Å². The number of amides is 1. The number of carbonyl (C=O) groups excluding carboxylic acids is 1. The Balaban J connectivity index is 3.04. The molecule has 6 nitrogen and oxygen atoms in total. The highest BCUT2D eigenvalue weighted by atomic mass is 16.1. The minimum absolute atomic E-state index is 0.0209. The number of primary amides is 1. The molecule has 0 bridgehead atoms. The molecule has 1 heterocycles. The average Bonchev–Trinajstić information content (AvgIpc) is 2.76. The number of rotatable bonds is 5. The second-order valence-corrected chi connectivity index (χ2v) is 21.0. The van der Waals surface area contributed by atoms with Crippen LogP contribution >= 0.6 is 0 Å². The maximum Gasteiger partial charge on any atom is 0.254 e. The van der Waals surface area contributed by atoms with E-state index in [2.05, 4.69) is 163 Å². The molecule has 0 saturated heterocycles. The van der Waals surface area contributed by atoms with Crippen molar-refractivity contribution in [1.29, 1.82) is 0 Å². The topological polar surface area (TPSA) is 92.9 Å². The van der Waals surface area contributed by atoms with Gasteiger partial charge in [0.2, 0.25) is 5.95 Å². The van der Waals surface area contributed by atoms with Crippen LogP contribution in [-0.4, -0.2) is 27.0 Å². The number of nitrogens with one attached hydrogen (secondary N) is 2. The van der Waals surface area contributed by atoms with Crippen molar-refractivity contribution >= 4 is 17.7 Å². The number of hydrogen-bond donors (Lipinski definition) is 3. The fourth-order valence-corrected chi connectivity index (χ4v) is 11.6. The van der Waals surface area contributed by atoms with Crippen LogP contribution in [0.4, 0.5) is 11.8 Å². The van der Waals surface area contributed by atoms with Crippen molar-refractivity contribution in [3.63, 3.8) is 0 Å². The predicted molar refractivity (Wildman–Crippen MR) is 195 cm³/mol. The molecule has 260 valence electrons. The predicted octanol–water partition coefficient (Wildman–Crippen LogP) is 10.5. The molecule has 1 aromatic heterocycles. The Bertz CT molecular complexity index is 1240. The van der Waals surface area contributed by atoms with Gasteiger partial charge in [0.15, 0.2) is 0 Å². The van der Waals surface area contributed by atoms with Crippen LogP contribution in [0.25, 0.3) is 0 Å². The van der Waals surface area contributed by atoms with E-state index < -0.39 is 17.0 Å².